The highest BCUT2D eigenvalue weighted by Gasteiger charge is 2.34. The van der Waals surface area contributed by atoms with E-state index in [0.29, 0.717) is 12.1 Å². The number of ether oxygens (including phenoxy) is 1. The van der Waals surface area contributed by atoms with Crippen LogP contribution < -0.4 is 0 Å². The molecule has 0 amide bonds. The van der Waals surface area contributed by atoms with Gasteiger partial charge in [0.25, 0.3) is 0 Å². The number of nitrogens with zero attached hydrogens (tertiary/aromatic N) is 1. The van der Waals surface area contributed by atoms with Gasteiger partial charge in [-0.25, -0.2) is 0 Å². The molecule has 1 aromatic rings. The monoisotopic (exact) mass is 343 g/mol. The zero-order chi connectivity index (χ0) is 17.9. The molecule has 0 radical (unpaired) electrons. The fourth-order valence-electron chi connectivity index (χ4n) is 4.19. The third kappa shape index (κ3) is 4.52. The second-order valence-corrected chi connectivity index (χ2v) is 8.02. The molecule has 2 aliphatic rings. The molecule has 3 rings (SSSR count). The highest BCUT2D eigenvalue weighted by atomic mass is 16.5. The van der Waals surface area contributed by atoms with E-state index in [2.05, 4.69) is 49.1 Å². The number of methoxy groups -OCH3 is 1. The fraction of sp³-hybridized carbons (Fsp3) is 0.636. The highest BCUT2D eigenvalue weighted by molar-refractivity contribution is 5.54. The average molecular weight is 344 g/mol. The van der Waals surface area contributed by atoms with Gasteiger partial charge in [-0.05, 0) is 63.5 Å². The number of hydrogen-bond donors (Lipinski definition) is 1. The molecular formula is C22H33NO2. The predicted octanol–water partition coefficient (Wildman–Crippen LogP) is 4.35. The summed E-state index contributed by atoms with van der Waals surface area (Å²) in [5, 5.41) is 11.0. The van der Waals surface area contributed by atoms with Gasteiger partial charge in [-0.15, -0.1) is 0 Å². The van der Waals surface area contributed by atoms with Crippen LogP contribution in [0.15, 0.2) is 29.8 Å². The molecule has 0 bridgehead atoms. The molecule has 1 saturated heterocycles. The Morgan fingerprint density at radius 3 is 2.24 bits per heavy atom. The molecule has 2 fully saturated rings. The first-order valence-corrected chi connectivity index (χ1v) is 9.79. The van der Waals surface area contributed by atoms with Gasteiger partial charge < -0.3 is 14.7 Å². The smallest absolute Gasteiger partial charge is 0.0898 e. The number of benzene rings is 1. The maximum atomic E-state index is 11.0. The molecule has 25 heavy (non-hydrogen) atoms. The van der Waals surface area contributed by atoms with Gasteiger partial charge in [0.15, 0.2) is 0 Å². The van der Waals surface area contributed by atoms with Crippen molar-refractivity contribution in [2.75, 3.05) is 20.2 Å². The van der Waals surface area contributed by atoms with E-state index in [9.17, 15) is 5.11 Å². The van der Waals surface area contributed by atoms with Crippen LogP contribution in [-0.4, -0.2) is 42.4 Å². The van der Waals surface area contributed by atoms with Crippen molar-refractivity contribution in [1.29, 1.82) is 0 Å². The predicted molar refractivity (Wildman–Crippen MR) is 104 cm³/mol. The Kier molecular flexibility index (Phi) is 5.98. The third-order valence-corrected chi connectivity index (χ3v) is 6.08. The van der Waals surface area contributed by atoms with Gasteiger partial charge in [0, 0.05) is 26.2 Å². The lowest BCUT2D eigenvalue weighted by Crippen LogP contribution is -2.36. The first-order chi connectivity index (χ1) is 12.0. The Morgan fingerprint density at radius 1 is 1.12 bits per heavy atom. The maximum Gasteiger partial charge on any atom is 0.0898 e. The number of likely N-dealkylation sites (tertiary alicyclic amines) is 1. The van der Waals surface area contributed by atoms with Crippen LogP contribution in [0.1, 0.15) is 63.5 Å². The Bertz CT molecular complexity index is 573. The lowest BCUT2D eigenvalue weighted by Gasteiger charge is -2.36. The van der Waals surface area contributed by atoms with E-state index in [1.165, 1.54) is 31.5 Å². The molecule has 1 aliphatic carbocycles. The largest absolute Gasteiger partial charge is 0.385 e. The summed E-state index contributed by atoms with van der Waals surface area (Å²) in [6.07, 6.45) is 8.43. The number of piperidine rings is 1. The summed E-state index contributed by atoms with van der Waals surface area (Å²) in [5.41, 5.74) is 3.18. The Labute approximate surface area is 152 Å². The molecule has 1 aromatic carbocycles. The Balaban J connectivity index is 1.62. The summed E-state index contributed by atoms with van der Waals surface area (Å²) in [7, 11) is 1.77. The molecule has 1 saturated carbocycles. The van der Waals surface area contributed by atoms with E-state index < -0.39 is 5.60 Å². The minimum atomic E-state index is -0.677. The molecule has 0 atom stereocenters. The number of rotatable bonds is 4. The summed E-state index contributed by atoms with van der Waals surface area (Å²) in [6, 6.07) is 9.20. The van der Waals surface area contributed by atoms with Crippen molar-refractivity contribution in [3.05, 3.63) is 41.0 Å². The van der Waals surface area contributed by atoms with Crippen LogP contribution in [0.4, 0.5) is 0 Å². The molecule has 0 unspecified atom stereocenters. The van der Waals surface area contributed by atoms with Crippen molar-refractivity contribution >= 4 is 6.08 Å². The molecule has 1 N–H and O–H groups in total. The van der Waals surface area contributed by atoms with Crippen molar-refractivity contribution < 1.29 is 9.84 Å². The molecule has 1 aliphatic heterocycles. The average Bonchev–Trinajstić information content (AvgIpc) is 2.63. The molecular weight excluding hydrogens is 310 g/mol. The lowest BCUT2D eigenvalue weighted by atomic mass is 9.78. The zero-order valence-corrected chi connectivity index (χ0v) is 16.0. The first-order valence-electron chi connectivity index (χ1n) is 9.79. The van der Waals surface area contributed by atoms with Crippen LogP contribution in [0.25, 0.3) is 6.08 Å². The SMILES string of the molecule is COC1CCC(O)(c2ccc(C=C3CCN(C(C)C)CC3)cc2)CC1. The van der Waals surface area contributed by atoms with E-state index >= 15 is 0 Å². The molecule has 3 nitrogen and oxygen atoms in total. The van der Waals surface area contributed by atoms with Gasteiger partial charge >= 0.3 is 0 Å². The minimum absolute atomic E-state index is 0.306. The Morgan fingerprint density at radius 2 is 1.72 bits per heavy atom. The van der Waals surface area contributed by atoms with Gasteiger partial charge in [-0.2, -0.15) is 0 Å². The quantitative estimate of drug-likeness (QED) is 0.882. The summed E-state index contributed by atoms with van der Waals surface area (Å²) in [4.78, 5) is 2.55. The van der Waals surface area contributed by atoms with Crippen LogP contribution in [0.3, 0.4) is 0 Å². The summed E-state index contributed by atoms with van der Waals surface area (Å²) >= 11 is 0. The second kappa shape index (κ2) is 8.03. The van der Waals surface area contributed by atoms with Crippen molar-refractivity contribution in [3.63, 3.8) is 0 Å². The molecule has 138 valence electrons. The molecule has 0 aromatic heterocycles. The standard InChI is InChI=1S/C22H33NO2/c1-17(2)23-14-10-19(11-15-23)16-18-4-6-20(7-5-18)22(24)12-8-21(25-3)9-13-22/h4-7,16-17,21,24H,8-15H2,1-3H3. The van der Waals surface area contributed by atoms with E-state index in [4.69, 9.17) is 4.74 Å². The van der Waals surface area contributed by atoms with Crippen molar-refractivity contribution in [2.24, 2.45) is 0 Å². The van der Waals surface area contributed by atoms with Crippen LogP contribution in [-0.2, 0) is 10.3 Å². The summed E-state index contributed by atoms with van der Waals surface area (Å²) in [5.74, 6) is 0. The number of hydrogen-bond acceptors (Lipinski definition) is 3. The van der Waals surface area contributed by atoms with Gasteiger partial charge in [-0.3, -0.25) is 0 Å². The lowest BCUT2D eigenvalue weighted by molar-refractivity contribution is -0.0474. The Hall–Kier alpha value is -1.16. The van der Waals surface area contributed by atoms with Gasteiger partial charge in [0.2, 0.25) is 0 Å². The van der Waals surface area contributed by atoms with E-state index in [0.717, 1.165) is 31.2 Å². The van der Waals surface area contributed by atoms with Gasteiger partial charge in [-0.1, -0.05) is 35.9 Å². The van der Waals surface area contributed by atoms with Crippen molar-refractivity contribution in [3.8, 4) is 0 Å². The fourth-order valence-corrected chi connectivity index (χ4v) is 4.19. The first kappa shape index (κ1) is 18.6. The third-order valence-electron chi connectivity index (χ3n) is 6.08. The number of aliphatic hydroxyl groups is 1. The summed E-state index contributed by atoms with van der Waals surface area (Å²) < 4.78 is 5.42. The van der Waals surface area contributed by atoms with Crippen molar-refractivity contribution in [1.82, 2.24) is 4.90 Å². The van der Waals surface area contributed by atoms with E-state index in [-0.39, 0.29) is 0 Å². The van der Waals surface area contributed by atoms with E-state index in [1.807, 2.05) is 0 Å². The zero-order valence-electron chi connectivity index (χ0n) is 16.0. The van der Waals surface area contributed by atoms with Gasteiger partial charge in [0.1, 0.15) is 0 Å². The summed E-state index contributed by atoms with van der Waals surface area (Å²) in [6.45, 7) is 6.89. The minimum Gasteiger partial charge on any atom is -0.385 e. The maximum absolute atomic E-state index is 11.0. The van der Waals surface area contributed by atoms with Crippen LogP contribution >= 0.6 is 0 Å². The van der Waals surface area contributed by atoms with Crippen LogP contribution in [0, 0.1) is 0 Å². The molecule has 3 heteroatoms. The second-order valence-electron chi connectivity index (χ2n) is 8.02. The van der Waals surface area contributed by atoms with Crippen LogP contribution in [0.5, 0.6) is 0 Å². The van der Waals surface area contributed by atoms with E-state index in [1.54, 1.807) is 12.7 Å². The topological polar surface area (TPSA) is 32.7 Å². The normalized spacial score (nSPS) is 28.4. The van der Waals surface area contributed by atoms with Crippen LogP contribution in [0.2, 0.25) is 0 Å². The molecule has 0 spiro atoms. The van der Waals surface area contributed by atoms with Crippen molar-refractivity contribution in [2.45, 2.75) is 70.1 Å². The van der Waals surface area contributed by atoms with Gasteiger partial charge in [0.05, 0.1) is 11.7 Å². The molecule has 1 heterocycles. The highest BCUT2D eigenvalue weighted by Crippen LogP contribution is 2.38.